The number of benzene rings is 3. The summed E-state index contributed by atoms with van der Waals surface area (Å²) in [6.07, 6.45) is 2.15. The Morgan fingerprint density at radius 2 is 1.68 bits per heavy atom. The van der Waals surface area contributed by atoms with Crippen LogP contribution in [-0.2, 0) is 6.54 Å². The number of nitrogens with one attached hydrogen (secondary N) is 1. The molecule has 5 nitrogen and oxygen atoms in total. The van der Waals surface area contributed by atoms with Crippen molar-refractivity contribution in [3.05, 3.63) is 83.1 Å². The highest BCUT2D eigenvalue weighted by atomic mass is 16.3. The van der Waals surface area contributed by atoms with Gasteiger partial charge in [-0.25, -0.2) is 0 Å². The molecule has 0 aliphatic carbocycles. The van der Waals surface area contributed by atoms with E-state index in [1.807, 2.05) is 72.5 Å². The van der Waals surface area contributed by atoms with E-state index in [1.165, 1.54) is 0 Å². The summed E-state index contributed by atoms with van der Waals surface area (Å²) in [6.45, 7) is 3.95. The number of amides is 2. The lowest BCUT2D eigenvalue weighted by Gasteiger charge is -2.15. The third-order valence-electron chi connectivity index (χ3n) is 6.08. The summed E-state index contributed by atoms with van der Waals surface area (Å²) in [4.78, 5) is 27.2. The van der Waals surface area contributed by atoms with Crippen molar-refractivity contribution >= 4 is 33.6 Å². The number of furan rings is 1. The molecule has 0 bridgehead atoms. The number of fused-ring (bicyclic) bond motifs is 3. The van der Waals surface area contributed by atoms with Gasteiger partial charge in [0.05, 0.1) is 0 Å². The van der Waals surface area contributed by atoms with Gasteiger partial charge in [0.2, 0.25) is 0 Å². The molecule has 1 N–H and O–H groups in total. The predicted molar refractivity (Wildman–Crippen MR) is 121 cm³/mol. The lowest BCUT2D eigenvalue weighted by molar-refractivity contribution is 0.0792. The minimum Gasteiger partial charge on any atom is -0.450 e. The maximum absolute atomic E-state index is 12.8. The summed E-state index contributed by atoms with van der Waals surface area (Å²) in [6, 6.07) is 19.5. The number of rotatable bonds is 4. The fourth-order valence-electron chi connectivity index (χ4n) is 4.30. The van der Waals surface area contributed by atoms with E-state index in [1.54, 1.807) is 0 Å². The molecule has 0 radical (unpaired) electrons. The van der Waals surface area contributed by atoms with E-state index < -0.39 is 0 Å². The lowest BCUT2D eigenvalue weighted by atomic mass is 10.1. The van der Waals surface area contributed by atoms with Gasteiger partial charge in [-0.1, -0.05) is 48.5 Å². The van der Waals surface area contributed by atoms with Crippen LogP contribution >= 0.6 is 0 Å². The van der Waals surface area contributed by atoms with Crippen LogP contribution in [0.15, 0.2) is 65.1 Å². The molecular formula is C26H24N2O3. The van der Waals surface area contributed by atoms with Crippen molar-refractivity contribution in [2.45, 2.75) is 26.3 Å². The summed E-state index contributed by atoms with van der Waals surface area (Å²) in [5.41, 5.74) is 3.21. The number of carbonyl (C=O) groups is 2. The molecule has 3 aromatic carbocycles. The van der Waals surface area contributed by atoms with E-state index in [0.717, 1.165) is 58.8 Å². The molecule has 5 heteroatoms. The largest absolute Gasteiger partial charge is 0.450 e. The molecule has 156 valence electrons. The van der Waals surface area contributed by atoms with Crippen molar-refractivity contribution in [2.75, 3.05) is 13.1 Å². The highest BCUT2D eigenvalue weighted by molar-refractivity contribution is 6.08. The van der Waals surface area contributed by atoms with Gasteiger partial charge in [-0.3, -0.25) is 9.59 Å². The Bertz CT molecular complexity index is 1280. The van der Waals surface area contributed by atoms with E-state index >= 15 is 0 Å². The molecule has 1 fully saturated rings. The molecule has 5 rings (SSSR count). The van der Waals surface area contributed by atoms with E-state index in [4.69, 9.17) is 4.42 Å². The molecule has 0 unspecified atom stereocenters. The second kappa shape index (κ2) is 7.91. The SMILES string of the molecule is Cc1c(C(=O)NCc2ccc(C(=O)N3CCCC3)cc2)oc2c1ccc1ccccc12. The second-order valence-corrected chi connectivity index (χ2v) is 8.10. The Kier molecular flexibility index (Phi) is 4.94. The highest BCUT2D eigenvalue weighted by Crippen LogP contribution is 2.31. The van der Waals surface area contributed by atoms with Crippen LogP contribution in [0.25, 0.3) is 21.7 Å². The fourth-order valence-corrected chi connectivity index (χ4v) is 4.30. The first-order chi connectivity index (χ1) is 15.1. The van der Waals surface area contributed by atoms with Crippen LogP contribution in [0.5, 0.6) is 0 Å². The first kappa shape index (κ1) is 19.4. The quantitative estimate of drug-likeness (QED) is 0.510. The minimum absolute atomic E-state index is 0.0817. The van der Waals surface area contributed by atoms with Crippen LogP contribution in [0.4, 0.5) is 0 Å². The summed E-state index contributed by atoms with van der Waals surface area (Å²) in [5, 5.41) is 5.98. The van der Waals surface area contributed by atoms with Gasteiger partial charge in [0.25, 0.3) is 11.8 Å². The van der Waals surface area contributed by atoms with Crippen LogP contribution in [-0.4, -0.2) is 29.8 Å². The van der Waals surface area contributed by atoms with Crippen molar-refractivity contribution in [1.82, 2.24) is 10.2 Å². The van der Waals surface area contributed by atoms with Crippen molar-refractivity contribution in [3.8, 4) is 0 Å². The topological polar surface area (TPSA) is 62.6 Å². The number of nitrogens with zero attached hydrogens (tertiary/aromatic N) is 1. The van der Waals surface area contributed by atoms with Gasteiger partial charge in [0.15, 0.2) is 5.76 Å². The van der Waals surface area contributed by atoms with Crippen LogP contribution in [0.2, 0.25) is 0 Å². The second-order valence-electron chi connectivity index (χ2n) is 8.10. The molecule has 31 heavy (non-hydrogen) atoms. The van der Waals surface area contributed by atoms with E-state index in [2.05, 4.69) is 5.32 Å². The van der Waals surface area contributed by atoms with Crippen molar-refractivity contribution in [2.24, 2.45) is 0 Å². The predicted octanol–water partition coefficient (Wildman–Crippen LogP) is 5.06. The van der Waals surface area contributed by atoms with Crippen molar-refractivity contribution in [1.29, 1.82) is 0 Å². The van der Waals surface area contributed by atoms with Gasteiger partial charge in [0, 0.05) is 41.5 Å². The lowest BCUT2D eigenvalue weighted by Crippen LogP contribution is -2.27. The smallest absolute Gasteiger partial charge is 0.287 e. The standard InChI is InChI=1S/C26H24N2O3/c1-17-21-13-12-19-6-2-3-7-22(19)24(21)31-23(17)25(29)27-16-18-8-10-20(11-9-18)26(30)28-14-4-5-15-28/h2-3,6-13H,4-5,14-16H2,1H3,(H,27,29). The monoisotopic (exact) mass is 412 g/mol. The maximum Gasteiger partial charge on any atom is 0.287 e. The van der Waals surface area contributed by atoms with Gasteiger partial charge in [-0.2, -0.15) is 0 Å². The summed E-state index contributed by atoms with van der Waals surface area (Å²) in [5.74, 6) is 0.181. The molecule has 1 aromatic heterocycles. The maximum atomic E-state index is 12.8. The molecule has 0 atom stereocenters. The Morgan fingerprint density at radius 3 is 2.45 bits per heavy atom. The van der Waals surface area contributed by atoms with Gasteiger partial charge in [-0.15, -0.1) is 0 Å². The molecule has 1 aliphatic heterocycles. The van der Waals surface area contributed by atoms with Crippen LogP contribution < -0.4 is 5.32 Å². The Labute approximate surface area is 180 Å². The molecule has 4 aromatic rings. The van der Waals surface area contributed by atoms with Gasteiger partial charge < -0.3 is 14.6 Å². The number of hydrogen-bond donors (Lipinski definition) is 1. The Balaban J connectivity index is 1.31. The third-order valence-corrected chi connectivity index (χ3v) is 6.08. The van der Waals surface area contributed by atoms with E-state index in [0.29, 0.717) is 17.9 Å². The fraction of sp³-hybridized carbons (Fsp3) is 0.231. The molecular weight excluding hydrogens is 388 g/mol. The zero-order valence-electron chi connectivity index (χ0n) is 17.5. The molecule has 1 saturated heterocycles. The average Bonchev–Trinajstić information content (AvgIpc) is 3.46. The number of hydrogen-bond acceptors (Lipinski definition) is 3. The van der Waals surface area contributed by atoms with Crippen LogP contribution in [0.3, 0.4) is 0 Å². The first-order valence-corrected chi connectivity index (χ1v) is 10.7. The van der Waals surface area contributed by atoms with Gasteiger partial charge in [0.1, 0.15) is 5.58 Å². The molecule has 2 amide bonds. The zero-order valence-corrected chi connectivity index (χ0v) is 17.5. The average molecular weight is 412 g/mol. The van der Waals surface area contributed by atoms with Gasteiger partial charge in [-0.05, 0) is 42.8 Å². The highest BCUT2D eigenvalue weighted by Gasteiger charge is 2.20. The van der Waals surface area contributed by atoms with E-state index in [-0.39, 0.29) is 11.8 Å². The van der Waals surface area contributed by atoms with Crippen molar-refractivity contribution < 1.29 is 14.0 Å². The molecule has 0 spiro atoms. The molecule has 2 heterocycles. The van der Waals surface area contributed by atoms with Crippen LogP contribution in [0, 0.1) is 6.92 Å². The van der Waals surface area contributed by atoms with Gasteiger partial charge >= 0.3 is 0 Å². The molecule has 0 saturated carbocycles. The van der Waals surface area contributed by atoms with Crippen molar-refractivity contribution in [3.63, 3.8) is 0 Å². The van der Waals surface area contributed by atoms with E-state index in [9.17, 15) is 9.59 Å². The Morgan fingerprint density at radius 1 is 0.935 bits per heavy atom. The first-order valence-electron chi connectivity index (χ1n) is 10.7. The molecule has 1 aliphatic rings. The zero-order chi connectivity index (χ0) is 21.4. The summed E-state index contributed by atoms with van der Waals surface area (Å²) < 4.78 is 6.01. The number of aryl methyl sites for hydroxylation is 1. The summed E-state index contributed by atoms with van der Waals surface area (Å²) >= 11 is 0. The minimum atomic E-state index is -0.241. The van der Waals surface area contributed by atoms with Crippen LogP contribution in [0.1, 0.15) is 44.9 Å². The number of carbonyl (C=O) groups excluding carboxylic acids is 2. The number of likely N-dealkylation sites (tertiary alicyclic amines) is 1. The normalized spacial score (nSPS) is 13.8. The summed E-state index contributed by atoms with van der Waals surface area (Å²) in [7, 11) is 0. The Hall–Kier alpha value is -3.60. The third kappa shape index (κ3) is 3.56.